The normalized spacial score (nSPS) is 11.5. The van der Waals surface area contributed by atoms with Crippen molar-refractivity contribution in [3.63, 3.8) is 0 Å². The molecule has 1 heterocycles. The molecular weight excluding hydrogens is 384 g/mol. The molecule has 0 spiro atoms. The first-order valence-corrected chi connectivity index (χ1v) is 9.43. The van der Waals surface area contributed by atoms with E-state index in [1.54, 1.807) is 31.2 Å². The molecule has 1 unspecified atom stereocenters. The van der Waals surface area contributed by atoms with Gasteiger partial charge in [-0.1, -0.05) is 12.1 Å². The number of aromatic nitrogens is 2. The van der Waals surface area contributed by atoms with Crippen LogP contribution in [0.3, 0.4) is 0 Å². The van der Waals surface area contributed by atoms with Crippen LogP contribution in [0.1, 0.15) is 30.2 Å². The Morgan fingerprint density at radius 1 is 1.10 bits per heavy atom. The van der Waals surface area contributed by atoms with Crippen molar-refractivity contribution in [2.24, 2.45) is 5.73 Å². The molecule has 0 aliphatic heterocycles. The molecule has 3 aromatic rings. The number of para-hydroxylation sites is 1. The minimum atomic E-state index is -0.916. The molecule has 1 atom stereocenters. The molecule has 0 fully saturated rings. The van der Waals surface area contributed by atoms with Crippen LogP contribution in [0.2, 0.25) is 0 Å². The van der Waals surface area contributed by atoms with Crippen LogP contribution in [0.5, 0.6) is 5.75 Å². The third-order valence-corrected chi connectivity index (χ3v) is 4.48. The molecule has 0 saturated heterocycles. The highest BCUT2D eigenvalue weighted by atomic mass is 16.5. The Hall–Kier alpha value is -3.94. The lowest BCUT2D eigenvalue weighted by Crippen LogP contribution is -2.33. The topological polar surface area (TPSA) is 116 Å². The maximum Gasteiger partial charge on any atom is 0.267 e. The number of amides is 2. The molecule has 0 aliphatic rings. The zero-order valence-corrected chi connectivity index (χ0v) is 16.7. The van der Waals surface area contributed by atoms with Gasteiger partial charge in [-0.3, -0.25) is 14.4 Å². The number of carbonyl (C=O) groups excluding carboxylic acids is 2. The van der Waals surface area contributed by atoms with Gasteiger partial charge >= 0.3 is 0 Å². The summed E-state index contributed by atoms with van der Waals surface area (Å²) in [5.74, 6) is -0.427. The summed E-state index contributed by atoms with van der Waals surface area (Å²) in [4.78, 5) is 36.6. The summed E-state index contributed by atoms with van der Waals surface area (Å²) >= 11 is 0. The quantitative estimate of drug-likeness (QED) is 0.626. The molecule has 2 amide bonds. The van der Waals surface area contributed by atoms with E-state index in [0.29, 0.717) is 12.3 Å². The summed E-state index contributed by atoms with van der Waals surface area (Å²) in [5, 5.41) is 6.99. The fourth-order valence-corrected chi connectivity index (χ4v) is 2.90. The van der Waals surface area contributed by atoms with Crippen LogP contribution in [0.15, 0.2) is 65.5 Å². The third-order valence-electron chi connectivity index (χ3n) is 4.48. The van der Waals surface area contributed by atoms with Gasteiger partial charge in [-0.15, -0.1) is 0 Å². The Labute approximate surface area is 173 Å². The number of nitrogens with two attached hydrogens (primary N) is 1. The Morgan fingerprint density at radius 2 is 1.80 bits per heavy atom. The summed E-state index contributed by atoms with van der Waals surface area (Å²) in [6.07, 6.45) is 0. The number of anilines is 1. The van der Waals surface area contributed by atoms with Crippen molar-refractivity contribution < 1.29 is 14.3 Å². The first kappa shape index (κ1) is 20.8. The van der Waals surface area contributed by atoms with Gasteiger partial charge in [0.25, 0.3) is 11.5 Å². The van der Waals surface area contributed by atoms with E-state index in [1.165, 1.54) is 12.1 Å². The highest BCUT2D eigenvalue weighted by Gasteiger charge is 2.20. The van der Waals surface area contributed by atoms with Crippen LogP contribution in [-0.2, 0) is 4.79 Å². The van der Waals surface area contributed by atoms with E-state index in [-0.39, 0.29) is 11.3 Å². The van der Waals surface area contributed by atoms with Crippen molar-refractivity contribution >= 4 is 17.5 Å². The SMILES string of the molecule is CCOc1ccc(-c2ccc(=O)n(C(C)C(=O)Nc3ccccc3C(N)=O)n2)cc1. The number of rotatable bonds is 7. The molecule has 3 rings (SSSR count). The monoisotopic (exact) mass is 406 g/mol. The van der Waals surface area contributed by atoms with Crippen molar-refractivity contribution in [2.45, 2.75) is 19.9 Å². The highest BCUT2D eigenvalue weighted by molar-refractivity contribution is 6.03. The van der Waals surface area contributed by atoms with Crippen LogP contribution >= 0.6 is 0 Å². The lowest BCUT2D eigenvalue weighted by atomic mass is 10.1. The second-order valence-corrected chi connectivity index (χ2v) is 6.53. The lowest BCUT2D eigenvalue weighted by Gasteiger charge is -2.16. The second kappa shape index (κ2) is 9.04. The Morgan fingerprint density at radius 3 is 2.47 bits per heavy atom. The zero-order chi connectivity index (χ0) is 21.7. The number of nitrogens with one attached hydrogen (secondary N) is 1. The van der Waals surface area contributed by atoms with Gasteiger partial charge in [-0.25, -0.2) is 4.68 Å². The summed E-state index contributed by atoms with van der Waals surface area (Å²) in [5.41, 5.74) is 6.70. The maximum atomic E-state index is 12.7. The minimum absolute atomic E-state index is 0.182. The van der Waals surface area contributed by atoms with E-state index >= 15 is 0 Å². The number of ether oxygens (including phenoxy) is 1. The predicted molar refractivity (Wildman–Crippen MR) is 113 cm³/mol. The van der Waals surface area contributed by atoms with Crippen LogP contribution in [0, 0.1) is 0 Å². The number of hydrogen-bond donors (Lipinski definition) is 2. The van der Waals surface area contributed by atoms with Gasteiger partial charge in [-0.05, 0) is 56.3 Å². The van der Waals surface area contributed by atoms with Crippen LogP contribution in [0.4, 0.5) is 5.69 Å². The van der Waals surface area contributed by atoms with Crippen LogP contribution in [0.25, 0.3) is 11.3 Å². The van der Waals surface area contributed by atoms with E-state index in [9.17, 15) is 14.4 Å². The zero-order valence-electron chi connectivity index (χ0n) is 16.7. The van der Waals surface area contributed by atoms with Crippen molar-refractivity contribution in [3.8, 4) is 17.0 Å². The fraction of sp³-hybridized carbons (Fsp3) is 0.182. The molecule has 8 heteroatoms. The molecule has 0 bridgehead atoms. The standard InChI is InChI=1S/C22H22N4O4/c1-3-30-16-10-8-15(9-11-16)18-12-13-20(27)26(25-18)14(2)22(29)24-19-7-5-4-6-17(19)21(23)28/h4-14H,3H2,1-2H3,(H2,23,28)(H,24,29). The van der Waals surface area contributed by atoms with Gasteiger partial charge in [0.05, 0.1) is 23.6 Å². The molecule has 154 valence electrons. The lowest BCUT2D eigenvalue weighted by molar-refractivity contribution is -0.119. The van der Waals surface area contributed by atoms with Gasteiger partial charge in [0, 0.05) is 11.6 Å². The average molecular weight is 406 g/mol. The first-order valence-electron chi connectivity index (χ1n) is 9.43. The van der Waals surface area contributed by atoms with Crippen molar-refractivity contribution in [2.75, 3.05) is 11.9 Å². The molecule has 2 aromatic carbocycles. The summed E-state index contributed by atoms with van der Waals surface area (Å²) < 4.78 is 6.54. The summed E-state index contributed by atoms with van der Waals surface area (Å²) in [6, 6.07) is 15.7. The van der Waals surface area contributed by atoms with Crippen molar-refractivity contribution in [3.05, 3.63) is 76.6 Å². The Balaban J connectivity index is 1.86. The number of primary amides is 1. The van der Waals surface area contributed by atoms with E-state index < -0.39 is 23.4 Å². The molecule has 8 nitrogen and oxygen atoms in total. The van der Waals surface area contributed by atoms with Gasteiger partial charge in [-0.2, -0.15) is 5.10 Å². The number of carbonyl (C=O) groups is 2. The Kier molecular flexibility index (Phi) is 6.26. The van der Waals surface area contributed by atoms with Gasteiger partial charge in [0.15, 0.2) is 0 Å². The fourth-order valence-electron chi connectivity index (χ4n) is 2.90. The summed E-state index contributed by atoms with van der Waals surface area (Å²) in [7, 11) is 0. The molecule has 3 N–H and O–H groups in total. The number of nitrogens with zero attached hydrogens (tertiary/aromatic N) is 2. The number of benzene rings is 2. The second-order valence-electron chi connectivity index (χ2n) is 6.53. The average Bonchev–Trinajstić information content (AvgIpc) is 2.74. The van der Waals surface area contributed by atoms with E-state index in [0.717, 1.165) is 16.0 Å². The maximum absolute atomic E-state index is 12.7. The minimum Gasteiger partial charge on any atom is -0.494 e. The summed E-state index contributed by atoms with van der Waals surface area (Å²) in [6.45, 7) is 4.02. The van der Waals surface area contributed by atoms with Gasteiger partial charge < -0.3 is 15.8 Å². The molecule has 0 saturated carbocycles. The molecule has 0 aliphatic carbocycles. The largest absolute Gasteiger partial charge is 0.494 e. The van der Waals surface area contributed by atoms with Crippen molar-refractivity contribution in [1.82, 2.24) is 9.78 Å². The van der Waals surface area contributed by atoms with Gasteiger partial charge in [0.2, 0.25) is 5.91 Å². The van der Waals surface area contributed by atoms with Crippen LogP contribution in [-0.4, -0.2) is 28.2 Å². The molecular formula is C22H22N4O4. The third kappa shape index (κ3) is 4.54. The number of hydrogen-bond acceptors (Lipinski definition) is 5. The predicted octanol–water partition coefficient (Wildman–Crippen LogP) is 2.61. The Bertz CT molecular complexity index is 1120. The van der Waals surface area contributed by atoms with E-state index in [4.69, 9.17) is 10.5 Å². The molecule has 0 radical (unpaired) electrons. The smallest absolute Gasteiger partial charge is 0.267 e. The molecule has 30 heavy (non-hydrogen) atoms. The van der Waals surface area contributed by atoms with Crippen molar-refractivity contribution in [1.29, 1.82) is 0 Å². The van der Waals surface area contributed by atoms with Crippen LogP contribution < -0.4 is 21.3 Å². The first-order chi connectivity index (χ1) is 14.4. The van der Waals surface area contributed by atoms with E-state index in [2.05, 4.69) is 10.4 Å². The highest BCUT2D eigenvalue weighted by Crippen LogP contribution is 2.21. The van der Waals surface area contributed by atoms with E-state index in [1.807, 2.05) is 31.2 Å². The van der Waals surface area contributed by atoms with Gasteiger partial charge in [0.1, 0.15) is 11.8 Å². The molecule has 1 aromatic heterocycles.